The summed E-state index contributed by atoms with van der Waals surface area (Å²) >= 11 is 0. The van der Waals surface area contributed by atoms with Gasteiger partial charge in [-0.1, -0.05) is 19.9 Å². The predicted octanol–water partition coefficient (Wildman–Crippen LogP) is 0.952. The van der Waals surface area contributed by atoms with E-state index in [0.717, 1.165) is 5.56 Å². The molecule has 3 unspecified atom stereocenters. The third-order valence-electron chi connectivity index (χ3n) is 6.06. The molecule has 0 spiro atoms. The molecular weight excluding hydrogens is 336 g/mol. The topological polar surface area (TPSA) is 121 Å². The van der Waals surface area contributed by atoms with Crippen LogP contribution in [0.25, 0.3) is 0 Å². The molecule has 6 N–H and O–H groups in total. The molecule has 0 aliphatic heterocycles. The molecule has 0 aromatic heterocycles. The lowest BCUT2D eigenvalue weighted by Gasteiger charge is -2.45. The van der Waals surface area contributed by atoms with Crippen LogP contribution in [-0.2, 0) is 18.6 Å². The van der Waals surface area contributed by atoms with Crippen LogP contribution < -0.4 is 0 Å². The zero-order valence-electron chi connectivity index (χ0n) is 15.6. The van der Waals surface area contributed by atoms with Crippen LogP contribution in [0.1, 0.15) is 43.9 Å². The Morgan fingerprint density at radius 3 is 2.00 bits per heavy atom. The molecule has 0 bridgehead atoms. The molecule has 0 radical (unpaired) electrons. The second-order valence-corrected chi connectivity index (χ2v) is 7.90. The Hall–Kier alpha value is -1.44. The van der Waals surface area contributed by atoms with E-state index in [1.807, 2.05) is 19.9 Å². The van der Waals surface area contributed by atoms with Gasteiger partial charge >= 0.3 is 0 Å². The first-order valence-electron chi connectivity index (χ1n) is 8.85. The van der Waals surface area contributed by atoms with Crippen LogP contribution in [-0.4, -0.2) is 49.5 Å². The largest absolute Gasteiger partial charge is 0.507 e. The zero-order valence-corrected chi connectivity index (χ0v) is 15.6. The second kappa shape index (κ2) is 7.66. The molecule has 6 nitrogen and oxygen atoms in total. The van der Waals surface area contributed by atoms with Gasteiger partial charge in [0, 0.05) is 23.7 Å². The summed E-state index contributed by atoms with van der Waals surface area (Å²) in [6.07, 6.45) is 2.38. The highest BCUT2D eigenvalue weighted by Gasteiger charge is 2.44. The summed E-state index contributed by atoms with van der Waals surface area (Å²) in [6, 6.07) is 3.42. The molecule has 0 saturated heterocycles. The Labute approximate surface area is 154 Å². The SMILES string of the molecule is CC1(O)C(CO)=CC(C(C)(C)c2cc(CO)c(O)c(CO)c2)CC1CO. The standard InChI is InChI=1S/C20H30O6/c1-19(2,14-4-12(8-21)18(25)13(5-14)9-22)15-6-16(10-23)20(3,26)17(7-15)11-24/h4-6,15,17,21-26H,7-11H2,1-3H3. The number of aliphatic hydroxyl groups is 5. The molecule has 1 aromatic rings. The molecule has 3 atom stereocenters. The lowest BCUT2D eigenvalue weighted by Crippen LogP contribution is -2.47. The quantitative estimate of drug-likeness (QED) is 0.417. The summed E-state index contributed by atoms with van der Waals surface area (Å²) in [5, 5.41) is 59.2. The number of aromatic hydroxyl groups is 1. The van der Waals surface area contributed by atoms with Crippen molar-refractivity contribution in [3.8, 4) is 5.75 Å². The fourth-order valence-electron chi connectivity index (χ4n) is 3.83. The van der Waals surface area contributed by atoms with E-state index in [9.17, 15) is 30.6 Å². The maximum atomic E-state index is 10.7. The summed E-state index contributed by atoms with van der Waals surface area (Å²) in [5.41, 5.74) is 0.230. The van der Waals surface area contributed by atoms with Crippen LogP contribution in [0.15, 0.2) is 23.8 Å². The van der Waals surface area contributed by atoms with Crippen LogP contribution in [0.5, 0.6) is 5.75 Å². The fraction of sp³-hybridized carbons (Fsp3) is 0.600. The molecule has 0 amide bonds. The van der Waals surface area contributed by atoms with Crippen molar-refractivity contribution in [2.75, 3.05) is 13.2 Å². The maximum absolute atomic E-state index is 10.7. The van der Waals surface area contributed by atoms with E-state index in [2.05, 4.69) is 0 Å². The van der Waals surface area contributed by atoms with Crippen LogP contribution in [0.2, 0.25) is 0 Å². The molecule has 0 saturated carbocycles. The van der Waals surface area contributed by atoms with Gasteiger partial charge in [0.15, 0.2) is 0 Å². The van der Waals surface area contributed by atoms with Gasteiger partial charge in [0.1, 0.15) is 5.75 Å². The van der Waals surface area contributed by atoms with Gasteiger partial charge in [-0.15, -0.1) is 0 Å². The third-order valence-corrected chi connectivity index (χ3v) is 6.06. The van der Waals surface area contributed by atoms with E-state index in [-0.39, 0.29) is 38.1 Å². The lowest BCUT2D eigenvalue weighted by atomic mass is 9.62. The number of rotatable bonds is 6. The highest BCUT2D eigenvalue weighted by molar-refractivity contribution is 5.46. The van der Waals surface area contributed by atoms with Crippen molar-refractivity contribution >= 4 is 0 Å². The van der Waals surface area contributed by atoms with E-state index in [1.165, 1.54) is 0 Å². The van der Waals surface area contributed by atoms with Crippen LogP contribution in [0, 0.1) is 11.8 Å². The normalized spacial score (nSPS) is 26.7. The van der Waals surface area contributed by atoms with Gasteiger partial charge in [0.2, 0.25) is 0 Å². The molecule has 146 valence electrons. The van der Waals surface area contributed by atoms with Crippen molar-refractivity contribution < 1.29 is 30.6 Å². The third kappa shape index (κ3) is 3.52. The highest BCUT2D eigenvalue weighted by atomic mass is 16.3. The molecule has 0 heterocycles. The van der Waals surface area contributed by atoms with Crippen LogP contribution in [0.4, 0.5) is 0 Å². The van der Waals surface area contributed by atoms with Gasteiger partial charge in [-0.2, -0.15) is 0 Å². The summed E-state index contributed by atoms with van der Waals surface area (Å²) in [6.45, 7) is 4.40. The van der Waals surface area contributed by atoms with E-state index >= 15 is 0 Å². The number of benzene rings is 1. The van der Waals surface area contributed by atoms with Gasteiger partial charge in [-0.05, 0) is 47.9 Å². The van der Waals surface area contributed by atoms with E-state index in [4.69, 9.17) is 0 Å². The molecule has 1 aliphatic rings. The highest BCUT2D eigenvalue weighted by Crippen LogP contribution is 2.46. The van der Waals surface area contributed by atoms with Gasteiger partial charge in [-0.25, -0.2) is 0 Å². The van der Waals surface area contributed by atoms with E-state index in [0.29, 0.717) is 23.1 Å². The first-order chi connectivity index (χ1) is 12.1. The number of allylic oxidation sites excluding steroid dienone is 1. The summed E-state index contributed by atoms with van der Waals surface area (Å²) < 4.78 is 0. The van der Waals surface area contributed by atoms with Crippen molar-refractivity contribution in [2.45, 2.75) is 51.4 Å². The first kappa shape index (κ1) is 20.9. The fourth-order valence-corrected chi connectivity index (χ4v) is 3.83. The minimum atomic E-state index is -1.27. The molecule has 1 aromatic carbocycles. The smallest absolute Gasteiger partial charge is 0.126 e. The van der Waals surface area contributed by atoms with Crippen molar-refractivity contribution in [2.24, 2.45) is 11.8 Å². The minimum absolute atomic E-state index is 0.0929. The number of aliphatic hydroxyl groups excluding tert-OH is 4. The second-order valence-electron chi connectivity index (χ2n) is 7.90. The van der Waals surface area contributed by atoms with Crippen molar-refractivity contribution in [1.82, 2.24) is 0 Å². The average Bonchev–Trinajstić information content (AvgIpc) is 2.61. The molecule has 2 rings (SSSR count). The van der Waals surface area contributed by atoms with Crippen LogP contribution >= 0.6 is 0 Å². The Balaban J connectivity index is 2.53. The molecule has 26 heavy (non-hydrogen) atoms. The first-order valence-corrected chi connectivity index (χ1v) is 8.85. The Bertz CT molecular complexity index is 652. The van der Waals surface area contributed by atoms with Crippen molar-refractivity contribution in [3.63, 3.8) is 0 Å². The number of hydrogen-bond donors (Lipinski definition) is 6. The summed E-state index contributed by atoms with van der Waals surface area (Å²) in [5.74, 6) is -0.615. The number of hydrogen-bond acceptors (Lipinski definition) is 6. The Morgan fingerprint density at radius 1 is 1.04 bits per heavy atom. The van der Waals surface area contributed by atoms with Crippen LogP contribution in [0.3, 0.4) is 0 Å². The minimum Gasteiger partial charge on any atom is -0.507 e. The summed E-state index contributed by atoms with van der Waals surface area (Å²) in [7, 11) is 0. The van der Waals surface area contributed by atoms with Gasteiger partial charge in [0.25, 0.3) is 0 Å². The zero-order chi connectivity index (χ0) is 19.7. The van der Waals surface area contributed by atoms with Crippen molar-refractivity contribution in [3.05, 3.63) is 40.5 Å². The molecule has 6 heteroatoms. The Kier molecular flexibility index (Phi) is 6.15. The average molecular weight is 366 g/mol. The van der Waals surface area contributed by atoms with E-state index < -0.39 is 16.9 Å². The Morgan fingerprint density at radius 2 is 1.58 bits per heavy atom. The van der Waals surface area contributed by atoms with Crippen molar-refractivity contribution in [1.29, 1.82) is 0 Å². The maximum Gasteiger partial charge on any atom is 0.126 e. The summed E-state index contributed by atoms with van der Waals surface area (Å²) in [4.78, 5) is 0. The molecule has 0 fully saturated rings. The molecule has 1 aliphatic carbocycles. The number of phenols is 1. The van der Waals surface area contributed by atoms with Gasteiger partial charge in [0.05, 0.1) is 25.4 Å². The monoisotopic (exact) mass is 366 g/mol. The predicted molar refractivity (Wildman–Crippen MR) is 97.5 cm³/mol. The van der Waals surface area contributed by atoms with Gasteiger partial charge < -0.3 is 30.6 Å². The van der Waals surface area contributed by atoms with Gasteiger partial charge in [-0.3, -0.25) is 0 Å². The molecular formula is C20H30O6. The van der Waals surface area contributed by atoms with E-state index in [1.54, 1.807) is 19.1 Å². The lowest BCUT2D eigenvalue weighted by molar-refractivity contribution is -0.0228.